The summed E-state index contributed by atoms with van der Waals surface area (Å²) in [5.74, 6) is 0.0531. The topological polar surface area (TPSA) is 54.0 Å². The Bertz CT molecular complexity index is 374. The van der Waals surface area contributed by atoms with Gasteiger partial charge in [-0.25, -0.2) is 0 Å². The molecule has 0 radical (unpaired) electrons. The van der Waals surface area contributed by atoms with Gasteiger partial charge in [0.1, 0.15) is 6.04 Å². The number of nitrogens with zero attached hydrogens (tertiary/aromatic N) is 1. The highest BCUT2D eigenvalue weighted by molar-refractivity contribution is 5.83. The maximum absolute atomic E-state index is 12.2. The van der Waals surface area contributed by atoms with Gasteiger partial charge in [0.25, 0.3) is 0 Å². The Hall–Kier alpha value is -1.42. The highest BCUT2D eigenvalue weighted by Gasteiger charge is 2.22. The number of likely N-dealkylation sites (N-methyl/N-ethyl adjacent to an activating group) is 1. The Morgan fingerprint density at radius 3 is 2.78 bits per heavy atom. The van der Waals surface area contributed by atoms with E-state index in [-0.39, 0.29) is 11.9 Å². The van der Waals surface area contributed by atoms with Crippen LogP contribution in [0.5, 0.6) is 0 Å². The maximum atomic E-state index is 12.2. The van der Waals surface area contributed by atoms with E-state index >= 15 is 0 Å². The standard InChI is InChI=1S/C14H21N3O/c1-15-13(11-6-5-9-16-10-11)14(18)17-12-7-3-2-4-8-12/h5-6,9-10,12-13,15H,2-4,7-8H2,1H3,(H,17,18). The molecule has 1 fully saturated rings. The minimum Gasteiger partial charge on any atom is -0.352 e. The van der Waals surface area contributed by atoms with Crippen molar-refractivity contribution < 1.29 is 4.79 Å². The number of hydrogen-bond donors (Lipinski definition) is 2. The number of aromatic nitrogens is 1. The van der Waals surface area contributed by atoms with Gasteiger partial charge in [0, 0.05) is 18.4 Å². The lowest BCUT2D eigenvalue weighted by molar-refractivity contribution is -0.124. The van der Waals surface area contributed by atoms with Crippen molar-refractivity contribution in [3.05, 3.63) is 30.1 Å². The molecular formula is C14H21N3O. The van der Waals surface area contributed by atoms with Crippen molar-refractivity contribution in [2.45, 2.75) is 44.2 Å². The van der Waals surface area contributed by atoms with Crippen LogP contribution in [0.2, 0.25) is 0 Å². The van der Waals surface area contributed by atoms with Gasteiger partial charge in [-0.1, -0.05) is 25.3 Å². The third-order valence-corrected chi connectivity index (χ3v) is 3.52. The number of carbonyl (C=O) groups excluding carboxylic acids is 1. The fourth-order valence-electron chi connectivity index (χ4n) is 2.53. The molecular weight excluding hydrogens is 226 g/mol. The average Bonchev–Trinajstić information content (AvgIpc) is 2.42. The summed E-state index contributed by atoms with van der Waals surface area (Å²) in [6, 6.07) is 3.82. The summed E-state index contributed by atoms with van der Waals surface area (Å²) >= 11 is 0. The SMILES string of the molecule is CNC(C(=O)NC1CCCCC1)c1cccnc1. The molecule has 1 heterocycles. The normalized spacial score (nSPS) is 18.3. The molecule has 1 aliphatic carbocycles. The molecule has 2 rings (SSSR count). The van der Waals surface area contributed by atoms with Crippen molar-refractivity contribution >= 4 is 5.91 Å². The second kappa shape index (κ2) is 6.50. The number of amides is 1. The van der Waals surface area contributed by atoms with E-state index in [9.17, 15) is 4.79 Å². The highest BCUT2D eigenvalue weighted by atomic mass is 16.2. The van der Waals surface area contributed by atoms with Gasteiger partial charge in [-0.3, -0.25) is 9.78 Å². The summed E-state index contributed by atoms with van der Waals surface area (Å²) in [5, 5.41) is 6.19. The second-order valence-electron chi connectivity index (χ2n) is 4.85. The van der Waals surface area contributed by atoms with Crippen LogP contribution in [0, 0.1) is 0 Å². The maximum Gasteiger partial charge on any atom is 0.242 e. The van der Waals surface area contributed by atoms with E-state index < -0.39 is 0 Å². The third kappa shape index (κ3) is 3.29. The molecule has 1 aromatic heterocycles. The summed E-state index contributed by atoms with van der Waals surface area (Å²) < 4.78 is 0. The van der Waals surface area contributed by atoms with Crippen molar-refractivity contribution in [3.8, 4) is 0 Å². The molecule has 0 aliphatic heterocycles. The smallest absolute Gasteiger partial charge is 0.242 e. The summed E-state index contributed by atoms with van der Waals surface area (Å²) in [7, 11) is 1.80. The first-order valence-electron chi connectivity index (χ1n) is 6.69. The molecule has 0 saturated heterocycles. The van der Waals surface area contributed by atoms with E-state index in [4.69, 9.17) is 0 Å². The summed E-state index contributed by atoms with van der Waals surface area (Å²) in [6.07, 6.45) is 9.41. The molecule has 4 nitrogen and oxygen atoms in total. The van der Waals surface area contributed by atoms with Gasteiger partial charge < -0.3 is 10.6 Å². The predicted octanol–water partition coefficient (Wildman–Crippen LogP) is 1.79. The lowest BCUT2D eigenvalue weighted by Crippen LogP contribution is -2.42. The van der Waals surface area contributed by atoms with E-state index in [1.807, 2.05) is 12.1 Å². The minimum atomic E-state index is -0.305. The molecule has 0 aromatic carbocycles. The lowest BCUT2D eigenvalue weighted by atomic mass is 9.95. The number of carbonyl (C=O) groups is 1. The number of hydrogen-bond acceptors (Lipinski definition) is 3. The zero-order valence-electron chi connectivity index (χ0n) is 10.9. The van der Waals surface area contributed by atoms with Crippen LogP contribution in [-0.2, 0) is 4.79 Å². The van der Waals surface area contributed by atoms with Crippen LogP contribution in [0.3, 0.4) is 0 Å². The molecule has 18 heavy (non-hydrogen) atoms. The van der Waals surface area contributed by atoms with Crippen LogP contribution >= 0.6 is 0 Å². The van der Waals surface area contributed by atoms with Gasteiger partial charge in [0.05, 0.1) is 0 Å². The summed E-state index contributed by atoms with van der Waals surface area (Å²) in [4.78, 5) is 16.3. The monoisotopic (exact) mass is 247 g/mol. The molecule has 1 aliphatic rings. The molecule has 0 spiro atoms. The average molecular weight is 247 g/mol. The van der Waals surface area contributed by atoms with Gasteiger partial charge >= 0.3 is 0 Å². The molecule has 1 aromatic rings. The second-order valence-corrected chi connectivity index (χ2v) is 4.85. The largest absolute Gasteiger partial charge is 0.352 e. The molecule has 1 saturated carbocycles. The van der Waals surface area contributed by atoms with E-state index in [1.165, 1.54) is 19.3 Å². The zero-order valence-corrected chi connectivity index (χ0v) is 10.9. The van der Waals surface area contributed by atoms with E-state index in [2.05, 4.69) is 15.6 Å². The van der Waals surface area contributed by atoms with Crippen molar-refractivity contribution in [2.75, 3.05) is 7.05 Å². The molecule has 4 heteroatoms. The van der Waals surface area contributed by atoms with Crippen molar-refractivity contribution in [1.82, 2.24) is 15.6 Å². The van der Waals surface area contributed by atoms with Gasteiger partial charge in [-0.05, 0) is 31.5 Å². The quantitative estimate of drug-likeness (QED) is 0.853. The Morgan fingerprint density at radius 1 is 1.39 bits per heavy atom. The zero-order chi connectivity index (χ0) is 12.8. The van der Waals surface area contributed by atoms with Crippen molar-refractivity contribution in [2.24, 2.45) is 0 Å². The Morgan fingerprint density at radius 2 is 2.17 bits per heavy atom. The molecule has 1 amide bonds. The van der Waals surface area contributed by atoms with Crippen LogP contribution in [-0.4, -0.2) is 24.0 Å². The predicted molar refractivity (Wildman–Crippen MR) is 71.1 cm³/mol. The first-order valence-corrected chi connectivity index (χ1v) is 6.69. The number of nitrogens with one attached hydrogen (secondary N) is 2. The lowest BCUT2D eigenvalue weighted by Gasteiger charge is -2.25. The molecule has 1 unspecified atom stereocenters. The van der Waals surface area contributed by atoms with E-state index in [0.717, 1.165) is 18.4 Å². The van der Waals surface area contributed by atoms with Gasteiger partial charge in [0.15, 0.2) is 0 Å². The van der Waals surface area contributed by atoms with Gasteiger partial charge in [0.2, 0.25) is 5.91 Å². The first-order chi connectivity index (χ1) is 8.81. The van der Waals surface area contributed by atoms with Crippen molar-refractivity contribution in [3.63, 3.8) is 0 Å². The van der Waals surface area contributed by atoms with Crippen LogP contribution in [0.1, 0.15) is 43.7 Å². The minimum absolute atomic E-state index is 0.0531. The fraction of sp³-hybridized carbons (Fsp3) is 0.571. The summed E-state index contributed by atoms with van der Waals surface area (Å²) in [5.41, 5.74) is 0.910. The molecule has 98 valence electrons. The molecule has 2 N–H and O–H groups in total. The van der Waals surface area contributed by atoms with Crippen molar-refractivity contribution in [1.29, 1.82) is 0 Å². The Kier molecular flexibility index (Phi) is 4.70. The van der Waals surface area contributed by atoms with Crippen LogP contribution in [0.25, 0.3) is 0 Å². The highest BCUT2D eigenvalue weighted by Crippen LogP contribution is 2.19. The van der Waals surface area contributed by atoms with Crippen LogP contribution in [0.15, 0.2) is 24.5 Å². The van der Waals surface area contributed by atoms with Gasteiger partial charge in [-0.15, -0.1) is 0 Å². The van der Waals surface area contributed by atoms with E-state index in [0.29, 0.717) is 6.04 Å². The Balaban J connectivity index is 1.97. The Labute approximate surface area is 108 Å². The molecule has 0 bridgehead atoms. The van der Waals surface area contributed by atoms with Crippen LogP contribution in [0.4, 0.5) is 0 Å². The van der Waals surface area contributed by atoms with Crippen LogP contribution < -0.4 is 10.6 Å². The van der Waals surface area contributed by atoms with Gasteiger partial charge in [-0.2, -0.15) is 0 Å². The third-order valence-electron chi connectivity index (χ3n) is 3.52. The number of rotatable bonds is 4. The fourth-order valence-corrected chi connectivity index (χ4v) is 2.53. The summed E-state index contributed by atoms with van der Waals surface area (Å²) in [6.45, 7) is 0. The first kappa shape index (κ1) is 13.0. The number of pyridine rings is 1. The molecule has 1 atom stereocenters. The van der Waals surface area contributed by atoms with E-state index in [1.54, 1.807) is 19.4 Å².